The summed E-state index contributed by atoms with van der Waals surface area (Å²) in [4.78, 5) is 0.803. The Morgan fingerprint density at radius 2 is 1.95 bits per heavy atom. The van der Waals surface area contributed by atoms with Crippen LogP contribution >= 0.6 is 34.4 Å². The summed E-state index contributed by atoms with van der Waals surface area (Å²) in [5, 5.41) is 3.51. The highest BCUT2D eigenvalue weighted by Gasteiger charge is 2.22. The molecule has 1 heterocycles. The van der Waals surface area contributed by atoms with Gasteiger partial charge >= 0.3 is 0 Å². The molecule has 19 heavy (non-hydrogen) atoms. The van der Waals surface area contributed by atoms with Crippen molar-refractivity contribution in [2.24, 2.45) is 0 Å². The smallest absolute Gasteiger partial charge is 0.137 e. The summed E-state index contributed by atoms with van der Waals surface area (Å²) in [5.74, 6) is 0.854. The third-order valence-corrected chi connectivity index (χ3v) is 5.09. The maximum atomic E-state index is 13.8. The van der Waals surface area contributed by atoms with E-state index in [-0.39, 0.29) is 11.9 Å². The molecule has 2 aromatic carbocycles. The minimum atomic E-state index is -0.100. The predicted octanol–water partition coefficient (Wildman–Crippen LogP) is 5.08. The van der Waals surface area contributed by atoms with E-state index in [0.29, 0.717) is 0 Å². The Morgan fingerprint density at radius 3 is 2.74 bits per heavy atom. The number of hydrogen-bond acceptors (Lipinski definition) is 2. The van der Waals surface area contributed by atoms with E-state index in [2.05, 4.69) is 52.2 Å². The standard InChI is InChI=1S/C15H13FINS/c16-13-3-1-2-12-14(8-9-19-15(12)13)18-11-6-4-10(17)5-7-11/h1-7,14,18H,8-9H2. The number of rotatable bonds is 2. The lowest BCUT2D eigenvalue weighted by Gasteiger charge is -2.27. The maximum absolute atomic E-state index is 13.8. The van der Waals surface area contributed by atoms with Gasteiger partial charge in [-0.1, -0.05) is 12.1 Å². The second-order valence-corrected chi connectivity index (χ2v) is 6.85. The van der Waals surface area contributed by atoms with E-state index in [9.17, 15) is 4.39 Å². The Labute approximate surface area is 130 Å². The van der Waals surface area contributed by atoms with Crippen LogP contribution in [0.5, 0.6) is 0 Å². The number of benzene rings is 2. The van der Waals surface area contributed by atoms with Crippen LogP contribution < -0.4 is 5.32 Å². The predicted molar refractivity (Wildman–Crippen MR) is 87.3 cm³/mol. The van der Waals surface area contributed by atoms with Crippen molar-refractivity contribution in [2.45, 2.75) is 17.4 Å². The third-order valence-electron chi connectivity index (χ3n) is 3.21. The molecule has 0 bridgehead atoms. The van der Waals surface area contributed by atoms with Crippen molar-refractivity contribution in [2.75, 3.05) is 11.1 Å². The van der Waals surface area contributed by atoms with E-state index < -0.39 is 0 Å². The van der Waals surface area contributed by atoms with Gasteiger partial charge < -0.3 is 5.32 Å². The number of nitrogens with one attached hydrogen (secondary N) is 1. The number of anilines is 1. The lowest BCUT2D eigenvalue weighted by Crippen LogP contribution is -2.16. The van der Waals surface area contributed by atoms with Crippen molar-refractivity contribution in [3.8, 4) is 0 Å². The number of halogens is 2. The zero-order chi connectivity index (χ0) is 13.2. The van der Waals surface area contributed by atoms with Gasteiger partial charge in [-0.25, -0.2) is 4.39 Å². The first-order valence-corrected chi connectivity index (χ1v) is 8.24. The molecule has 0 aliphatic carbocycles. The highest BCUT2D eigenvalue weighted by atomic mass is 127. The van der Waals surface area contributed by atoms with Crippen molar-refractivity contribution in [3.63, 3.8) is 0 Å². The zero-order valence-electron chi connectivity index (χ0n) is 10.2. The first-order valence-electron chi connectivity index (χ1n) is 6.17. The molecule has 1 unspecified atom stereocenters. The molecule has 0 aromatic heterocycles. The first kappa shape index (κ1) is 13.2. The average Bonchev–Trinajstić information content (AvgIpc) is 2.43. The minimum absolute atomic E-state index is 0.100. The first-order chi connectivity index (χ1) is 9.24. The molecular weight excluding hydrogens is 372 g/mol. The third kappa shape index (κ3) is 2.89. The van der Waals surface area contributed by atoms with Crippen LogP contribution in [0.2, 0.25) is 0 Å². The minimum Gasteiger partial charge on any atom is -0.378 e. The van der Waals surface area contributed by atoms with Crippen molar-refractivity contribution in [1.29, 1.82) is 0 Å². The molecule has 0 saturated heterocycles. The van der Waals surface area contributed by atoms with Crippen LogP contribution in [0.15, 0.2) is 47.4 Å². The molecule has 1 nitrogen and oxygen atoms in total. The van der Waals surface area contributed by atoms with Crippen molar-refractivity contribution >= 4 is 40.0 Å². The monoisotopic (exact) mass is 385 g/mol. The largest absolute Gasteiger partial charge is 0.378 e. The van der Waals surface area contributed by atoms with E-state index in [1.165, 1.54) is 3.57 Å². The molecule has 1 aliphatic heterocycles. The van der Waals surface area contributed by atoms with Gasteiger partial charge in [-0.3, -0.25) is 0 Å². The van der Waals surface area contributed by atoms with E-state index >= 15 is 0 Å². The zero-order valence-corrected chi connectivity index (χ0v) is 13.2. The molecule has 1 aliphatic rings. The quantitative estimate of drug-likeness (QED) is 0.724. The summed E-state index contributed by atoms with van der Waals surface area (Å²) in [5.41, 5.74) is 2.17. The number of hydrogen-bond donors (Lipinski definition) is 1. The normalized spacial score (nSPS) is 17.9. The summed E-state index contributed by atoms with van der Waals surface area (Å²) in [6.07, 6.45) is 1.02. The summed E-state index contributed by atoms with van der Waals surface area (Å²) in [6.45, 7) is 0. The van der Waals surface area contributed by atoms with Gasteiger partial charge in [0.1, 0.15) is 5.82 Å². The molecule has 0 saturated carbocycles. The highest BCUT2D eigenvalue weighted by molar-refractivity contribution is 14.1. The molecule has 0 radical (unpaired) electrons. The fraction of sp³-hybridized carbons (Fsp3) is 0.200. The van der Waals surface area contributed by atoms with E-state index in [0.717, 1.165) is 28.3 Å². The fourth-order valence-corrected chi connectivity index (χ4v) is 3.78. The van der Waals surface area contributed by atoms with Crippen molar-refractivity contribution in [1.82, 2.24) is 0 Å². The molecule has 1 N–H and O–H groups in total. The average molecular weight is 385 g/mol. The molecule has 4 heteroatoms. The van der Waals surface area contributed by atoms with Gasteiger partial charge in [-0.2, -0.15) is 0 Å². The lowest BCUT2D eigenvalue weighted by atomic mass is 10.0. The summed E-state index contributed by atoms with van der Waals surface area (Å²) >= 11 is 3.91. The second-order valence-electron chi connectivity index (χ2n) is 4.50. The van der Waals surface area contributed by atoms with Crippen LogP contribution in [0.1, 0.15) is 18.0 Å². The molecule has 0 fully saturated rings. The molecule has 0 amide bonds. The van der Waals surface area contributed by atoms with Crippen LogP contribution in [-0.4, -0.2) is 5.75 Å². The maximum Gasteiger partial charge on any atom is 0.137 e. The Morgan fingerprint density at radius 1 is 1.16 bits per heavy atom. The van der Waals surface area contributed by atoms with Crippen molar-refractivity contribution < 1.29 is 4.39 Å². The second kappa shape index (κ2) is 5.71. The molecule has 1 atom stereocenters. The van der Waals surface area contributed by atoms with E-state index in [1.807, 2.05) is 6.07 Å². The van der Waals surface area contributed by atoms with Gasteiger partial charge in [0.25, 0.3) is 0 Å². The van der Waals surface area contributed by atoms with E-state index in [1.54, 1.807) is 23.9 Å². The number of thioether (sulfide) groups is 1. The van der Waals surface area contributed by atoms with Gasteiger partial charge in [-0.15, -0.1) is 11.8 Å². The SMILES string of the molecule is Fc1cccc2c1SCCC2Nc1ccc(I)cc1. The highest BCUT2D eigenvalue weighted by Crippen LogP contribution is 2.39. The molecule has 98 valence electrons. The molecule has 0 spiro atoms. The molecule has 3 rings (SSSR count). The Balaban J connectivity index is 1.88. The Bertz CT molecular complexity index is 585. The Hall–Kier alpha value is -0.750. The van der Waals surface area contributed by atoms with Crippen LogP contribution in [0.3, 0.4) is 0 Å². The van der Waals surface area contributed by atoms with Gasteiger partial charge in [0.15, 0.2) is 0 Å². The van der Waals surface area contributed by atoms with Crippen molar-refractivity contribution in [3.05, 3.63) is 57.4 Å². The summed E-state index contributed by atoms with van der Waals surface area (Å²) in [7, 11) is 0. The lowest BCUT2D eigenvalue weighted by molar-refractivity contribution is 0.585. The van der Waals surface area contributed by atoms with Gasteiger partial charge in [0.2, 0.25) is 0 Å². The molecule has 2 aromatic rings. The van der Waals surface area contributed by atoms with Crippen LogP contribution in [0, 0.1) is 9.39 Å². The van der Waals surface area contributed by atoms with Crippen LogP contribution in [-0.2, 0) is 0 Å². The van der Waals surface area contributed by atoms with Gasteiger partial charge in [0, 0.05) is 19.9 Å². The van der Waals surface area contributed by atoms with Gasteiger partial charge in [-0.05, 0) is 64.9 Å². The topological polar surface area (TPSA) is 12.0 Å². The van der Waals surface area contributed by atoms with Crippen LogP contribution in [0.4, 0.5) is 10.1 Å². The Kier molecular flexibility index (Phi) is 3.98. The molecular formula is C15H13FINS. The fourth-order valence-electron chi connectivity index (χ4n) is 2.28. The van der Waals surface area contributed by atoms with Gasteiger partial charge in [0.05, 0.1) is 6.04 Å². The summed E-state index contributed by atoms with van der Waals surface area (Å²) in [6, 6.07) is 13.9. The number of fused-ring (bicyclic) bond motifs is 1. The van der Waals surface area contributed by atoms with Crippen LogP contribution in [0.25, 0.3) is 0 Å². The summed E-state index contributed by atoms with van der Waals surface area (Å²) < 4.78 is 15.0. The van der Waals surface area contributed by atoms with E-state index in [4.69, 9.17) is 0 Å².